The fourth-order valence-electron chi connectivity index (χ4n) is 2.45. The molecule has 118 valence electrons. The van der Waals surface area contributed by atoms with Crippen LogP contribution < -0.4 is 4.74 Å². The number of sulfone groups is 1. The normalized spacial score (nSPS) is 19.4. The number of hydrogen-bond donors (Lipinski definition) is 0. The third-order valence-corrected chi connectivity index (χ3v) is 5.54. The predicted octanol–water partition coefficient (Wildman–Crippen LogP) is 1.58. The molecule has 5 nitrogen and oxygen atoms in total. The summed E-state index contributed by atoms with van der Waals surface area (Å²) in [5.74, 6) is 0.659. The molecule has 0 saturated carbocycles. The minimum Gasteiger partial charge on any atom is -0.497 e. The van der Waals surface area contributed by atoms with Crippen LogP contribution in [0.25, 0.3) is 0 Å². The third-order valence-electron chi connectivity index (χ3n) is 3.85. The summed E-state index contributed by atoms with van der Waals surface area (Å²) in [6.45, 7) is 6.71. The number of nitrogens with zero attached hydrogens (tertiary/aromatic N) is 1. The van der Waals surface area contributed by atoms with Crippen LogP contribution in [-0.2, 0) is 14.6 Å². The van der Waals surface area contributed by atoms with Crippen LogP contribution in [0.15, 0.2) is 29.2 Å². The van der Waals surface area contributed by atoms with Gasteiger partial charge in [-0.3, -0.25) is 4.90 Å². The molecule has 1 saturated heterocycles. The van der Waals surface area contributed by atoms with Gasteiger partial charge in [0.25, 0.3) is 0 Å². The van der Waals surface area contributed by atoms with Crippen molar-refractivity contribution in [2.24, 2.45) is 0 Å². The zero-order chi connectivity index (χ0) is 15.5. The van der Waals surface area contributed by atoms with E-state index in [0.717, 1.165) is 6.54 Å². The van der Waals surface area contributed by atoms with Crippen molar-refractivity contribution in [1.29, 1.82) is 0 Å². The summed E-state index contributed by atoms with van der Waals surface area (Å²) >= 11 is 0. The molecule has 1 aromatic rings. The Hall–Kier alpha value is -1.11. The van der Waals surface area contributed by atoms with E-state index in [1.807, 2.05) is 0 Å². The van der Waals surface area contributed by atoms with Gasteiger partial charge in [0.1, 0.15) is 5.75 Å². The second-order valence-electron chi connectivity index (χ2n) is 5.85. The maximum atomic E-state index is 12.4. The van der Waals surface area contributed by atoms with Gasteiger partial charge in [0.05, 0.1) is 31.0 Å². The quantitative estimate of drug-likeness (QED) is 0.826. The van der Waals surface area contributed by atoms with Gasteiger partial charge in [0, 0.05) is 18.6 Å². The summed E-state index contributed by atoms with van der Waals surface area (Å²) in [5.41, 5.74) is -0.123. The van der Waals surface area contributed by atoms with Gasteiger partial charge in [-0.05, 0) is 32.0 Å². The third kappa shape index (κ3) is 3.96. The topological polar surface area (TPSA) is 55.8 Å². The Morgan fingerprint density at radius 3 is 2.81 bits per heavy atom. The minimum absolute atomic E-state index is 0.101. The maximum absolute atomic E-state index is 12.4. The first-order valence-corrected chi connectivity index (χ1v) is 8.70. The molecule has 0 amide bonds. The lowest BCUT2D eigenvalue weighted by atomic mass is 10.0. The van der Waals surface area contributed by atoms with E-state index in [2.05, 4.69) is 18.7 Å². The Balaban J connectivity index is 2.07. The van der Waals surface area contributed by atoms with Crippen LogP contribution in [0.1, 0.15) is 13.8 Å². The SMILES string of the molecule is COc1cccc(S(=O)(=O)CCN2CCOCC2(C)C)c1. The largest absolute Gasteiger partial charge is 0.497 e. The Morgan fingerprint density at radius 2 is 2.14 bits per heavy atom. The molecule has 1 aliphatic heterocycles. The number of benzene rings is 1. The zero-order valence-corrected chi connectivity index (χ0v) is 13.6. The minimum atomic E-state index is -3.30. The molecule has 0 aliphatic carbocycles. The van der Waals surface area contributed by atoms with Crippen LogP contribution >= 0.6 is 0 Å². The molecule has 0 aromatic heterocycles. The molecule has 1 fully saturated rings. The summed E-state index contributed by atoms with van der Waals surface area (Å²) in [5, 5.41) is 0. The van der Waals surface area contributed by atoms with Crippen LogP contribution in [0.4, 0.5) is 0 Å². The van der Waals surface area contributed by atoms with Crippen LogP contribution in [0.3, 0.4) is 0 Å². The van der Waals surface area contributed by atoms with Crippen molar-refractivity contribution in [2.45, 2.75) is 24.3 Å². The van der Waals surface area contributed by atoms with Crippen molar-refractivity contribution >= 4 is 9.84 Å². The summed E-state index contributed by atoms with van der Waals surface area (Å²) in [4.78, 5) is 2.49. The lowest BCUT2D eigenvalue weighted by Crippen LogP contribution is -2.54. The average Bonchev–Trinajstić information content (AvgIpc) is 2.46. The van der Waals surface area contributed by atoms with Crippen LogP contribution in [0.2, 0.25) is 0 Å². The summed E-state index contributed by atoms with van der Waals surface area (Å²) in [7, 11) is -1.78. The second kappa shape index (κ2) is 6.34. The molecular weight excluding hydrogens is 290 g/mol. The maximum Gasteiger partial charge on any atom is 0.179 e. The molecule has 0 bridgehead atoms. The molecule has 0 spiro atoms. The lowest BCUT2D eigenvalue weighted by Gasteiger charge is -2.42. The van der Waals surface area contributed by atoms with Gasteiger partial charge in [-0.1, -0.05) is 6.07 Å². The average molecular weight is 313 g/mol. The van der Waals surface area contributed by atoms with Crippen LogP contribution in [0.5, 0.6) is 5.75 Å². The van der Waals surface area contributed by atoms with Gasteiger partial charge in [0.15, 0.2) is 9.84 Å². The monoisotopic (exact) mass is 313 g/mol. The van der Waals surface area contributed by atoms with Crippen molar-refractivity contribution < 1.29 is 17.9 Å². The van der Waals surface area contributed by atoms with E-state index in [-0.39, 0.29) is 11.3 Å². The Morgan fingerprint density at radius 1 is 1.38 bits per heavy atom. The number of hydrogen-bond acceptors (Lipinski definition) is 5. The van der Waals surface area contributed by atoms with E-state index in [1.54, 1.807) is 24.3 Å². The van der Waals surface area contributed by atoms with Gasteiger partial charge in [-0.25, -0.2) is 8.42 Å². The first kappa shape index (κ1) is 16.3. The van der Waals surface area contributed by atoms with Crippen molar-refractivity contribution in [1.82, 2.24) is 4.90 Å². The number of rotatable bonds is 5. The van der Waals surface area contributed by atoms with E-state index in [4.69, 9.17) is 9.47 Å². The molecule has 0 N–H and O–H groups in total. The smallest absolute Gasteiger partial charge is 0.179 e. The number of ether oxygens (including phenoxy) is 2. The second-order valence-corrected chi connectivity index (χ2v) is 7.96. The predicted molar refractivity (Wildman–Crippen MR) is 81.5 cm³/mol. The number of methoxy groups -OCH3 is 1. The van der Waals surface area contributed by atoms with Crippen molar-refractivity contribution in [2.75, 3.05) is 39.2 Å². The molecule has 1 aliphatic rings. The Kier molecular flexibility index (Phi) is 4.91. The molecule has 1 heterocycles. The van der Waals surface area contributed by atoms with Gasteiger partial charge in [-0.2, -0.15) is 0 Å². The zero-order valence-electron chi connectivity index (χ0n) is 12.8. The van der Waals surface area contributed by atoms with Gasteiger partial charge in [-0.15, -0.1) is 0 Å². The molecule has 6 heteroatoms. The molecule has 1 aromatic carbocycles. The molecular formula is C15H23NO4S. The molecule has 0 unspecified atom stereocenters. The molecule has 21 heavy (non-hydrogen) atoms. The lowest BCUT2D eigenvalue weighted by molar-refractivity contribution is -0.0477. The Labute approximate surface area is 126 Å². The van der Waals surface area contributed by atoms with E-state index < -0.39 is 9.84 Å². The fraction of sp³-hybridized carbons (Fsp3) is 0.600. The molecule has 0 radical (unpaired) electrons. The van der Waals surface area contributed by atoms with Gasteiger partial charge < -0.3 is 9.47 Å². The number of morpholine rings is 1. The summed E-state index contributed by atoms with van der Waals surface area (Å²) < 4.78 is 35.4. The van der Waals surface area contributed by atoms with E-state index >= 15 is 0 Å². The highest BCUT2D eigenvalue weighted by molar-refractivity contribution is 7.91. The molecule has 2 rings (SSSR count). The highest BCUT2D eigenvalue weighted by Gasteiger charge is 2.31. The van der Waals surface area contributed by atoms with Crippen molar-refractivity contribution in [3.05, 3.63) is 24.3 Å². The van der Waals surface area contributed by atoms with E-state index in [1.165, 1.54) is 7.11 Å². The van der Waals surface area contributed by atoms with Crippen molar-refractivity contribution in [3.63, 3.8) is 0 Å². The molecule has 0 atom stereocenters. The fourth-order valence-corrected chi connectivity index (χ4v) is 3.73. The summed E-state index contributed by atoms with van der Waals surface area (Å²) in [6.07, 6.45) is 0. The highest BCUT2D eigenvalue weighted by Crippen LogP contribution is 2.21. The highest BCUT2D eigenvalue weighted by atomic mass is 32.2. The van der Waals surface area contributed by atoms with E-state index in [9.17, 15) is 8.42 Å². The van der Waals surface area contributed by atoms with Crippen LogP contribution in [0, 0.1) is 0 Å². The first-order valence-electron chi connectivity index (χ1n) is 7.05. The van der Waals surface area contributed by atoms with Crippen molar-refractivity contribution in [3.8, 4) is 5.75 Å². The standard InChI is InChI=1S/C15H23NO4S/c1-15(2)12-20-9-7-16(15)8-10-21(17,18)14-6-4-5-13(11-14)19-3/h4-6,11H,7-10,12H2,1-3H3. The van der Waals surface area contributed by atoms with E-state index in [0.29, 0.717) is 30.4 Å². The van der Waals surface area contributed by atoms with Crippen LogP contribution in [-0.4, -0.2) is 58.0 Å². The first-order chi connectivity index (χ1) is 9.85. The Bertz CT molecular complexity index is 583. The van der Waals surface area contributed by atoms with Gasteiger partial charge >= 0.3 is 0 Å². The van der Waals surface area contributed by atoms with Gasteiger partial charge in [0.2, 0.25) is 0 Å². The summed E-state index contributed by atoms with van der Waals surface area (Å²) in [6, 6.07) is 6.62.